The average molecular weight is 243 g/mol. The summed E-state index contributed by atoms with van der Waals surface area (Å²) in [5.74, 6) is -0.148. The van der Waals surface area contributed by atoms with Crippen LogP contribution >= 0.6 is 0 Å². The van der Waals surface area contributed by atoms with Gasteiger partial charge in [0.15, 0.2) is 11.5 Å². The molecule has 94 valence electrons. The van der Waals surface area contributed by atoms with Crippen molar-refractivity contribution in [3.63, 3.8) is 0 Å². The van der Waals surface area contributed by atoms with Crippen LogP contribution in [-0.2, 0) is 6.54 Å². The first-order valence-corrected chi connectivity index (χ1v) is 5.89. The highest BCUT2D eigenvalue weighted by Gasteiger charge is 2.06. The van der Waals surface area contributed by atoms with Crippen LogP contribution in [0.5, 0.6) is 11.5 Å². The summed E-state index contributed by atoms with van der Waals surface area (Å²) in [5.41, 5.74) is 4.09. The third-order valence-corrected chi connectivity index (χ3v) is 2.95. The molecule has 2 aromatic carbocycles. The van der Waals surface area contributed by atoms with Crippen LogP contribution < -0.4 is 5.32 Å². The first kappa shape index (κ1) is 12.3. The Hall–Kier alpha value is -2.16. The number of benzene rings is 2. The summed E-state index contributed by atoms with van der Waals surface area (Å²) >= 11 is 0. The molecule has 0 amide bonds. The van der Waals surface area contributed by atoms with Gasteiger partial charge in [0.1, 0.15) is 0 Å². The van der Waals surface area contributed by atoms with E-state index < -0.39 is 0 Å². The van der Waals surface area contributed by atoms with Crippen molar-refractivity contribution in [3.05, 3.63) is 53.1 Å². The van der Waals surface area contributed by atoms with Gasteiger partial charge in [-0.1, -0.05) is 29.8 Å². The molecule has 18 heavy (non-hydrogen) atoms. The number of aryl methyl sites for hydroxylation is 2. The molecule has 0 aliphatic carbocycles. The van der Waals surface area contributed by atoms with Gasteiger partial charge in [-0.2, -0.15) is 0 Å². The van der Waals surface area contributed by atoms with Gasteiger partial charge in [-0.05, 0) is 31.5 Å². The lowest BCUT2D eigenvalue weighted by Gasteiger charge is -2.11. The number of nitrogens with one attached hydrogen (secondary N) is 1. The number of rotatable bonds is 3. The average Bonchev–Trinajstić information content (AvgIpc) is 2.33. The topological polar surface area (TPSA) is 52.5 Å². The third kappa shape index (κ3) is 2.56. The summed E-state index contributed by atoms with van der Waals surface area (Å²) in [6.45, 7) is 4.57. The molecule has 2 aromatic rings. The fraction of sp³-hybridized carbons (Fsp3) is 0.200. The van der Waals surface area contributed by atoms with Crippen molar-refractivity contribution >= 4 is 5.69 Å². The van der Waals surface area contributed by atoms with E-state index in [1.165, 1.54) is 11.6 Å². The van der Waals surface area contributed by atoms with Crippen LogP contribution in [0.3, 0.4) is 0 Å². The second-order valence-corrected chi connectivity index (χ2v) is 4.46. The van der Waals surface area contributed by atoms with Crippen LogP contribution in [0.4, 0.5) is 5.69 Å². The maximum absolute atomic E-state index is 9.70. The zero-order chi connectivity index (χ0) is 13.1. The first-order valence-electron chi connectivity index (χ1n) is 5.89. The lowest BCUT2D eigenvalue weighted by Crippen LogP contribution is -2.01. The molecule has 0 atom stereocenters. The molecule has 0 aliphatic rings. The molecular formula is C15H17NO2. The molecule has 0 aliphatic heterocycles. The number of anilines is 1. The molecule has 0 bridgehead atoms. The summed E-state index contributed by atoms with van der Waals surface area (Å²) in [4.78, 5) is 0. The molecule has 0 heterocycles. The van der Waals surface area contributed by atoms with E-state index in [9.17, 15) is 10.2 Å². The van der Waals surface area contributed by atoms with Crippen molar-refractivity contribution in [2.75, 3.05) is 5.32 Å². The summed E-state index contributed by atoms with van der Waals surface area (Å²) in [5, 5.41) is 22.4. The first-order chi connectivity index (χ1) is 8.58. The Labute approximate surface area is 107 Å². The predicted molar refractivity (Wildman–Crippen MR) is 73.0 cm³/mol. The minimum atomic E-state index is -0.0880. The molecule has 3 heteroatoms. The second kappa shape index (κ2) is 5.00. The van der Waals surface area contributed by atoms with Crippen LogP contribution in [0, 0.1) is 13.8 Å². The fourth-order valence-electron chi connectivity index (χ4n) is 1.92. The van der Waals surface area contributed by atoms with Crippen molar-refractivity contribution in [3.8, 4) is 11.5 Å². The Morgan fingerprint density at radius 1 is 1.06 bits per heavy atom. The number of para-hydroxylation sites is 1. The quantitative estimate of drug-likeness (QED) is 0.725. The van der Waals surface area contributed by atoms with Gasteiger partial charge >= 0.3 is 0 Å². The van der Waals surface area contributed by atoms with E-state index >= 15 is 0 Å². The van der Waals surface area contributed by atoms with E-state index in [0.29, 0.717) is 12.1 Å². The standard InChI is InChI=1S/C15H17NO2/c1-10-6-7-13(11(2)8-10)16-9-12-4-3-5-14(17)15(12)18/h3-8,16-18H,9H2,1-2H3. The largest absolute Gasteiger partial charge is 0.504 e. The monoisotopic (exact) mass is 243 g/mol. The van der Waals surface area contributed by atoms with Gasteiger partial charge in [0, 0.05) is 17.8 Å². The minimum absolute atomic E-state index is 0.0604. The van der Waals surface area contributed by atoms with Gasteiger partial charge in [0.2, 0.25) is 0 Å². The molecule has 0 saturated carbocycles. The Morgan fingerprint density at radius 3 is 2.56 bits per heavy atom. The minimum Gasteiger partial charge on any atom is -0.504 e. The van der Waals surface area contributed by atoms with Crippen LogP contribution in [-0.4, -0.2) is 10.2 Å². The number of phenolic OH excluding ortho intramolecular Hbond substituents is 2. The molecule has 0 saturated heterocycles. The molecule has 0 unspecified atom stereocenters. The normalized spacial score (nSPS) is 10.3. The van der Waals surface area contributed by atoms with Gasteiger partial charge < -0.3 is 15.5 Å². The predicted octanol–water partition coefficient (Wildman–Crippen LogP) is 3.33. The Morgan fingerprint density at radius 2 is 1.83 bits per heavy atom. The summed E-state index contributed by atoms with van der Waals surface area (Å²) < 4.78 is 0. The highest BCUT2D eigenvalue weighted by Crippen LogP contribution is 2.29. The maximum atomic E-state index is 9.70. The molecular weight excluding hydrogens is 226 g/mol. The Kier molecular flexibility index (Phi) is 3.42. The van der Waals surface area contributed by atoms with Crippen LogP contribution in [0.2, 0.25) is 0 Å². The fourth-order valence-corrected chi connectivity index (χ4v) is 1.92. The molecule has 3 N–H and O–H groups in total. The van der Waals surface area contributed by atoms with Crippen LogP contribution in [0.1, 0.15) is 16.7 Å². The zero-order valence-electron chi connectivity index (χ0n) is 10.6. The van der Waals surface area contributed by atoms with Crippen molar-refractivity contribution < 1.29 is 10.2 Å². The molecule has 2 rings (SSSR count). The van der Waals surface area contributed by atoms with E-state index in [1.807, 2.05) is 19.1 Å². The zero-order valence-corrected chi connectivity index (χ0v) is 10.6. The lowest BCUT2D eigenvalue weighted by atomic mass is 10.1. The number of hydrogen-bond acceptors (Lipinski definition) is 3. The maximum Gasteiger partial charge on any atom is 0.162 e. The molecule has 0 spiro atoms. The lowest BCUT2D eigenvalue weighted by molar-refractivity contribution is 0.400. The van der Waals surface area contributed by atoms with Gasteiger partial charge in [0.25, 0.3) is 0 Å². The van der Waals surface area contributed by atoms with Crippen molar-refractivity contribution in [1.82, 2.24) is 0 Å². The Bertz CT molecular complexity index is 564. The molecule has 0 aromatic heterocycles. The van der Waals surface area contributed by atoms with Crippen LogP contribution in [0.15, 0.2) is 36.4 Å². The van der Waals surface area contributed by atoms with Gasteiger partial charge in [-0.3, -0.25) is 0 Å². The number of phenols is 2. The highest BCUT2D eigenvalue weighted by molar-refractivity contribution is 5.53. The third-order valence-electron chi connectivity index (χ3n) is 2.95. The van der Waals surface area contributed by atoms with E-state index in [1.54, 1.807) is 12.1 Å². The van der Waals surface area contributed by atoms with Gasteiger partial charge in [0.05, 0.1) is 0 Å². The molecule has 0 radical (unpaired) electrons. The molecule has 3 nitrogen and oxygen atoms in total. The summed E-state index contributed by atoms with van der Waals surface area (Å²) in [6, 6.07) is 11.1. The van der Waals surface area contributed by atoms with Crippen molar-refractivity contribution in [2.24, 2.45) is 0 Å². The van der Waals surface area contributed by atoms with Crippen molar-refractivity contribution in [1.29, 1.82) is 0 Å². The number of aromatic hydroxyl groups is 2. The van der Waals surface area contributed by atoms with Gasteiger partial charge in [-0.15, -0.1) is 0 Å². The van der Waals surface area contributed by atoms with Crippen LogP contribution in [0.25, 0.3) is 0 Å². The Balaban J connectivity index is 2.14. The van der Waals surface area contributed by atoms with E-state index in [4.69, 9.17) is 0 Å². The molecule has 0 fully saturated rings. The van der Waals surface area contributed by atoms with Gasteiger partial charge in [-0.25, -0.2) is 0 Å². The second-order valence-electron chi connectivity index (χ2n) is 4.46. The SMILES string of the molecule is Cc1ccc(NCc2cccc(O)c2O)c(C)c1. The smallest absolute Gasteiger partial charge is 0.162 e. The van der Waals surface area contributed by atoms with E-state index in [-0.39, 0.29) is 11.5 Å². The number of hydrogen-bond donors (Lipinski definition) is 3. The summed E-state index contributed by atoms with van der Waals surface area (Å²) in [7, 11) is 0. The van der Waals surface area contributed by atoms with Crippen molar-refractivity contribution in [2.45, 2.75) is 20.4 Å². The highest BCUT2D eigenvalue weighted by atomic mass is 16.3. The van der Waals surface area contributed by atoms with E-state index in [2.05, 4.69) is 18.3 Å². The van der Waals surface area contributed by atoms with E-state index in [0.717, 1.165) is 11.3 Å². The summed E-state index contributed by atoms with van der Waals surface area (Å²) in [6.07, 6.45) is 0.